The number of nitrogens with zero attached hydrogens (tertiary/aromatic N) is 2. The second-order valence-corrected chi connectivity index (χ2v) is 6.31. The lowest BCUT2D eigenvalue weighted by Crippen LogP contribution is -2.47. The fourth-order valence-corrected chi connectivity index (χ4v) is 1.87. The molecule has 0 radical (unpaired) electrons. The highest BCUT2D eigenvalue weighted by atomic mass is 16.5. The highest BCUT2D eigenvalue weighted by molar-refractivity contribution is 5.85. The van der Waals surface area contributed by atoms with Gasteiger partial charge in [-0.05, 0) is 32.9 Å². The van der Waals surface area contributed by atoms with Gasteiger partial charge in [0, 0.05) is 18.7 Å². The molecular formula is C17H23N3O4. The number of nitrogens with one attached hydrogen (secondary N) is 1. The Bertz CT molecular complexity index is 644. The molecule has 0 aliphatic heterocycles. The minimum atomic E-state index is -0.354. The van der Waals surface area contributed by atoms with Crippen molar-refractivity contribution < 1.29 is 19.1 Å². The third-order valence-electron chi connectivity index (χ3n) is 2.96. The summed E-state index contributed by atoms with van der Waals surface area (Å²) in [5.74, 6) is 0.146. The summed E-state index contributed by atoms with van der Waals surface area (Å²) in [6.45, 7) is 5.32. The molecule has 0 heterocycles. The van der Waals surface area contributed by atoms with Crippen LogP contribution >= 0.6 is 0 Å². The fraction of sp³-hybridized carbons (Fsp3) is 0.471. The first-order chi connectivity index (χ1) is 11.2. The molecule has 7 heteroatoms. The smallest absolute Gasteiger partial charge is 0.260 e. The number of rotatable bonds is 6. The number of likely N-dealkylation sites (N-methyl/N-ethyl adjacent to an activating group) is 1. The minimum Gasteiger partial charge on any atom is -0.493 e. The molecule has 24 heavy (non-hydrogen) atoms. The van der Waals surface area contributed by atoms with Crippen LogP contribution in [-0.4, -0.2) is 49.6 Å². The molecule has 0 unspecified atom stereocenters. The van der Waals surface area contributed by atoms with Gasteiger partial charge in [0.2, 0.25) is 5.91 Å². The number of carbonyl (C=O) groups excluding carboxylic acids is 2. The minimum absolute atomic E-state index is 0.0516. The third kappa shape index (κ3) is 6.16. The molecule has 0 atom stereocenters. The number of methoxy groups -OCH3 is 1. The molecule has 0 fully saturated rings. The SMILES string of the molecule is COc1cc(C#N)ccc1OCC(=O)N(C)CC(=O)NC(C)(C)C. The second kappa shape index (κ2) is 8.20. The molecule has 1 rings (SSSR count). The van der Waals surface area contributed by atoms with E-state index in [1.165, 1.54) is 25.1 Å². The number of amides is 2. The summed E-state index contributed by atoms with van der Waals surface area (Å²) < 4.78 is 10.6. The molecule has 0 bridgehead atoms. The molecule has 7 nitrogen and oxygen atoms in total. The Labute approximate surface area is 142 Å². The van der Waals surface area contributed by atoms with Crippen LogP contribution in [0.2, 0.25) is 0 Å². The standard InChI is InChI=1S/C17H23N3O4/c1-17(2,3)19-15(21)10-20(4)16(22)11-24-13-7-6-12(9-18)8-14(13)23-5/h6-8H,10-11H2,1-5H3,(H,19,21). The fourth-order valence-electron chi connectivity index (χ4n) is 1.87. The van der Waals surface area contributed by atoms with Crippen LogP contribution in [-0.2, 0) is 9.59 Å². The Morgan fingerprint density at radius 1 is 1.29 bits per heavy atom. The Morgan fingerprint density at radius 2 is 1.96 bits per heavy atom. The monoisotopic (exact) mass is 333 g/mol. The molecule has 130 valence electrons. The molecule has 2 amide bonds. The lowest BCUT2D eigenvalue weighted by molar-refractivity contribution is -0.136. The van der Waals surface area contributed by atoms with Gasteiger partial charge in [0.1, 0.15) is 0 Å². The van der Waals surface area contributed by atoms with Gasteiger partial charge in [0.25, 0.3) is 5.91 Å². The van der Waals surface area contributed by atoms with Crippen molar-refractivity contribution in [3.8, 4) is 17.6 Å². The molecule has 0 saturated carbocycles. The van der Waals surface area contributed by atoms with Gasteiger partial charge in [-0.1, -0.05) is 0 Å². The largest absolute Gasteiger partial charge is 0.493 e. The molecule has 1 aromatic rings. The van der Waals surface area contributed by atoms with E-state index in [9.17, 15) is 9.59 Å². The van der Waals surface area contributed by atoms with Crippen molar-refractivity contribution in [2.24, 2.45) is 0 Å². The van der Waals surface area contributed by atoms with Gasteiger partial charge in [0.15, 0.2) is 18.1 Å². The van der Waals surface area contributed by atoms with Crippen LogP contribution in [0.5, 0.6) is 11.5 Å². The van der Waals surface area contributed by atoms with Crippen LogP contribution < -0.4 is 14.8 Å². The van der Waals surface area contributed by atoms with Crippen molar-refractivity contribution in [3.63, 3.8) is 0 Å². The summed E-state index contributed by atoms with van der Waals surface area (Å²) in [5, 5.41) is 11.6. The van der Waals surface area contributed by atoms with Crippen LogP contribution in [0, 0.1) is 11.3 Å². The van der Waals surface area contributed by atoms with E-state index in [1.54, 1.807) is 12.1 Å². The predicted octanol–water partition coefficient (Wildman–Crippen LogP) is 1.32. The Balaban J connectivity index is 2.60. The van der Waals surface area contributed by atoms with E-state index < -0.39 is 0 Å². The van der Waals surface area contributed by atoms with Gasteiger partial charge in [-0.15, -0.1) is 0 Å². The summed E-state index contributed by atoms with van der Waals surface area (Å²) in [6.07, 6.45) is 0. The van der Waals surface area contributed by atoms with Crippen LogP contribution in [0.15, 0.2) is 18.2 Å². The van der Waals surface area contributed by atoms with Crippen LogP contribution in [0.25, 0.3) is 0 Å². The highest BCUT2D eigenvalue weighted by Crippen LogP contribution is 2.27. The second-order valence-electron chi connectivity index (χ2n) is 6.31. The first kappa shape index (κ1) is 19.3. The van der Waals surface area contributed by atoms with Crippen molar-refractivity contribution in [3.05, 3.63) is 23.8 Å². The number of hydrogen-bond acceptors (Lipinski definition) is 5. The molecule has 0 spiro atoms. The third-order valence-corrected chi connectivity index (χ3v) is 2.96. The molecule has 0 aliphatic rings. The lowest BCUT2D eigenvalue weighted by Gasteiger charge is -2.23. The number of nitriles is 1. The van der Waals surface area contributed by atoms with E-state index >= 15 is 0 Å². The molecule has 0 aromatic heterocycles. The topological polar surface area (TPSA) is 91.7 Å². The summed E-state index contributed by atoms with van der Waals surface area (Å²) >= 11 is 0. The lowest BCUT2D eigenvalue weighted by atomic mass is 10.1. The van der Waals surface area contributed by atoms with E-state index in [0.29, 0.717) is 17.1 Å². The van der Waals surface area contributed by atoms with E-state index in [-0.39, 0.29) is 30.5 Å². The van der Waals surface area contributed by atoms with Crippen LogP contribution in [0.1, 0.15) is 26.3 Å². The normalized spacial score (nSPS) is 10.5. The first-order valence-electron chi connectivity index (χ1n) is 7.42. The van der Waals surface area contributed by atoms with E-state index in [4.69, 9.17) is 14.7 Å². The van der Waals surface area contributed by atoms with Gasteiger partial charge in [-0.3, -0.25) is 9.59 Å². The van der Waals surface area contributed by atoms with Gasteiger partial charge in [0.05, 0.1) is 25.3 Å². The van der Waals surface area contributed by atoms with Crippen molar-refractivity contribution >= 4 is 11.8 Å². The number of hydrogen-bond donors (Lipinski definition) is 1. The average molecular weight is 333 g/mol. The summed E-state index contributed by atoms with van der Waals surface area (Å²) in [4.78, 5) is 25.2. The van der Waals surface area contributed by atoms with E-state index in [0.717, 1.165) is 0 Å². The molecule has 0 aliphatic carbocycles. The maximum atomic E-state index is 12.1. The number of benzene rings is 1. The zero-order valence-corrected chi connectivity index (χ0v) is 14.7. The Morgan fingerprint density at radius 3 is 2.50 bits per heavy atom. The van der Waals surface area contributed by atoms with Crippen LogP contribution in [0.3, 0.4) is 0 Å². The van der Waals surface area contributed by atoms with Crippen molar-refractivity contribution in [1.29, 1.82) is 5.26 Å². The molecule has 1 N–H and O–H groups in total. The summed E-state index contributed by atoms with van der Waals surface area (Å²) in [6, 6.07) is 6.66. The molecule has 1 aromatic carbocycles. The summed E-state index contributed by atoms with van der Waals surface area (Å²) in [5.41, 5.74) is 0.0781. The van der Waals surface area contributed by atoms with Gasteiger partial charge in [-0.25, -0.2) is 0 Å². The van der Waals surface area contributed by atoms with Crippen LogP contribution in [0.4, 0.5) is 0 Å². The van der Waals surface area contributed by atoms with Gasteiger partial charge < -0.3 is 19.7 Å². The molecule has 0 saturated heterocycles. The average Bonchev–Trinajstić information content (AvgIpc) is 2.50. The van der Waals surface area contributed by atoms with Crippen molar-refractivity contribution in [2.45, 2.75) is 26.3 Å². The van der Waals surface area contributed by atoms with Gasteiger partial charge >= 0.3 is 0 Å². The van der Waals surface area contributed by atoms with Crippen molar-refractivity contribution in [1.82, 2.24) is 10.2 Å². The number of ether oxygens (including phenoxy) is 2. The molecular weight excluding hydrogens is 310 g/mol. The highest BCUT2D eigenvalue weighted by Gasteiger charge is 2.18. The Kier molecular flexibility index (Phi) is 6.59. The first-order valence-corrected chi connectivity index (χ1v) is 7.42. The zero-order valence-electron chi connectivity index (χ0n) is 14.7. The van der Waals surface area contributed by atoms with Crippen molar-refractivity contribution in [2.75, 3.05) is 27.3 Å². The predicted molar refractivity (Wildman–Crippen MR) is 88.7 cm³/mol. The summed E-state index contributed by atoms with van der Waals surface area (Å²) in [7, 11) is 2.98. The quantitative estimate of drug-likeness (QED) is 0.848. The van der Waals surface area contributed by atoms with Gasteiger partial charge in [-0.2, -0.15) is 5.26 Å². The maximum Gasteiger partial charge on any atom is 0.260 e. The maximum absolute atomic E-state index is 12.1. The number of carbonyl (C=O) groups is 2. The zero-order chi connectivity index (χ0) is 18.3. The van der Waals surface area contributed by atoms with E-state index in [2.05, 4.69) is 5.32 Å². The van der Waals surface area contributed by atoms with E-state index in [1.807, 2.05) is 26.8 Å². The Hall–Kier alpha value is -2.75.